The minimum Gasteiger partial charge on any atom is -0.341 e. The Hall–Kier alpha value is -5.33. The molecular formula is C39H31N3O2S. The normalized spacial score (nSPS) is 11.9. The van der Waals surface area contributed by atoms with Crippen LogP contribution in [0.15, 0.2) is 144 Å². The molecule has 1 atom stereocenters. The van der Waals surface area contributed by atoms with E-state index in [9.17, 15) is 9.59 Å². The molecule has 0 fully saturated rings. The molecule has 7 rings (SSSR count). The summed E-state index contributed by atoms with van der Waals surface area (Å²) in [6, 6.07) is 45.6. The predicted molar refractivity (Wildman–Crippen MR) is 187 cm³/mol. The number of anilines is 2. The second kappa shape index (κ2) is 12.3. The first-order valence-electron chi connectivity index (χ1n) is 15.0. The number of carbonyl (C=O) groups is 2. The molecule has 5 nitrogen and oxygen atoms in total. The van der Waals surface area contributed by atoms with E-state index >= 15 is 0 Å². The average Bonchev–Trinajstić information content (AvgIpc) is 3.40. The van der Waals surface area contributed by atoms with Crippen LogP contribution in [0.4, 0.5) is 11.4 Å². The molecule has 0 aliphatic heterocycles. The van der Waals surface area contributed by atoms with Crippen LogP contribution in [0.1, 0.15) is 28.1 Å². The fraction of sp³-hybridized carbons (Fsp3) is 0.0769. The fourth-order valence-corrected chi connectivity index (χ4v) is 6.98. The van der Waals surface area contributed by atoms with Gasteiger partial charge in [0.1, 0.15) is 5.25 Å². The summed E-state index contributed by atoms with van der Waals surface area (Å²) in [6.07, 6.45) is 0. The van der Waals surface area contributed by atoms with Gasteiger partial charge in [0.25, 0.3) is 5.91 Å². The van der Waals surface area contributed by atoms with Gasteiger partial charge in [-0.15, -0.1) is 11.8 Å². The Kier molecular flexibility index (Phi) is 7.80. The number of aromatic nitrogens is 1. The van der Waals surface area contributed by atoms with Crippen LogP contribution in [0.5, 0.6) is 0 Å². The summed E-state index contributed by atoms with van der Waals surface area (Å²) < 4.78 is 2.30. The maximum Gasteiger partial charge on any atom is 0.255 e. The Labute approximate surface area is 265 Å². The van der Waals surface area contributed by atoms with Gasteiger partial charge in [-0.3, -0.25) is 9.59 Å². The van der Waals surface area contributed by atoms with Gasteiger partial charge in [-0.1, -0.05) is 84.9 Å². The third kappa shape index (κ3) is 5.80. The smallest absolute Gasteiger partial charge is 0.255 e. The van der Waals surface area contributed by atoms with Gasteiger partial charge < -0.3 is 15.2 Å². The molecule has 0 saturated heterocycles. The third-order valence-corrected chi connectivity index (χ3v) is 9.30. The van der Waals surface area contributed by atoms with Gasteiger partial charge in [-0.2, -0.15) is 0 Å². The number of benzene rings is 6. The number of thioether (sulfide) groups is 1. The van der Waals surface area contributed by atoms with Gasteiger partial charge in [0.15, 0.2) is 0 Å². The molecule has 45 heavy (non-hydrogen) atoms. The van der Waals surface area contributed by atoms with Crippen LogP contribution >= 0.6 is 11.8 Å². The van der Waals surface area contributed by atoms with Crippen LogP contribution in [-0.4, -0.2) is 16.4 Å². The first-order valence-corrected chi connectivity index (χ1v) is 15.9. The molecule has 0 bridgehead atoms. The third-order valence-electron chi connectivity index (χ3n) is 8.05. The lowest BCUT2D eigenvalue weighted by Crippen LogP contribution is -2.19. The minimum atomic E-state index is -0.509. The van der Waals surface area contributed by atoms with Crippen LogP contribution in [0, 0.1) is 0 Å². The Morgan fingerprint density at radius 1 is 0.644 bits per heavy atom. The van der Waals surface area contributed by atoms with E-state index in [4.69, 9.17) is 0 Å². The van der Waals surface area contributed by atoms with Crippen LogP contribution in [-0.2, 0) is 11.3 Å². The summed E-state index contributed by atoms with van der Waals surface area (Å²) in [5.41, 5.74) is 5.24. The van der Waals surface area contributed by atoms with E-state index in [0.717, 1.165) is 44.4 Å². The van der Waals surface area contributed by atoms with E-state index in [1.165, 1.54) is 22.7 Å². The Bertz CT molecular complexity index is 2190. The van der Waals surface area contributed by atoms with Crippen molar-refractivity contribution in [2.45, 2.75) is 23.6 Å². The zero-order valence-electron chi connectivity index (χ0n) is 24.7. The number of hydrogen-bond acceptors (Lipinski definition) is 3. The van der Waals surface area contributed by atoms with Crippen LogP contribution in [0.3, 0.4) is 0 Å². The molecule has 6 heteroatoms. The molecule has 0 spiro atoms. The van der Waals surface area contributed by atoms with Gasteiger partial charge in [0.05, 0.1) is 0 Å². The van der Waals surface area contributed by atoms with Crippen LogP contribution < -0.4 is 10.6 Å². The monoisotopic (exact) mass is 605 g/mol. The average molecular weight is 606 g/mol. The number of rotatable bonds is 8. The standard InChI is InChI=1S/C39H31N3O2S/c1-2-42-35-18-9-8-17-33(35)34-25-31(21-22-36(34)42)41-39(44)37(27-12-4-3-5-13-27)45-32-16-10-15-30(24-32)40-38(43)29-20-19-26-11-6-7-14-28(26)23-29/h3-25,37H,2H2,1H3,(H,40,43)(H,41,44). The minimum absolute atomic E-state index is 0.115. The highest BCUT2D eigenvalue weighted by Crippen LogP contribution is 2.38. The first-order chi connectivity index (χ1) is 22.1. The number of para-hydroxylation sites is 1. The molecule has 2 N–H and O–H groups in total. The number of hydrogen-bond donors (Lipinski definition) is 2. The molecule has 0 radical (unpaired) electrons. The van der Waals surface area contributed by atoms with Gasteiger partial charge >= 0.3 is 0 Å². The zero-order valence-corrected chi connectivity index (χ0v) is 25.6. The maximum absolute atomic E-state index is 13.9. The molecule has 0 aliphatic rings. The van der Waals surface area contributed by atoms with Crippen molar-refractivity contribution in [2.24, 2.45) is 0 Å². The number of nitrogens with zero attached hydrogens (tertiary/aromatic N) is 1. The Morgan fingerprint density at radius 3 is 2.22 bits per heavy atom. The predicted octanol–water partition coefficient (Wildman–Crippen LogP) is 9.69. The van der Waals surface area contributed by atoms with E-state index in [-0.39, 0.29) is 11.8 Å². The summed E-state index contributed by atoms with van der Waals surface area (Å²) in [4.78, 5) is 27.9. The molecule has 0 saturated carbocycles. The van der Waals surface area contributed by atoms with Crippen molar-refractivity contribution in [3.63, 3.8) is 0 Å². The SMILES string of the molecule is CCn1c2ccccc2c2cc(NC(=O)C(Sc3cccc(NC(=O)c4ccc5ccccc5c4)c3)c3ccccc3)ccc21. The van der Waals surface area contributed by atoms with Crippen LogP contribution in [0.2, 0.25) is 0 Å². The second-order valence-electron chi connectivity index (χ2n) is 10.9. The molecule has 1 aromatic heterocycles. The second-order valence-corrected chi connectivity index (χ2v) is 12.1. The lowest BCUT2D eigenvalue weighted by atomic mass is 10.1. The van der Waals surface area contributed by atoms with Crippen molar-refractivity contribution in [1.82, 2.24) is 4.57 Å². The van der Waals surface area contributed by atoms with Crippen LogP contribution in [0.25, 0.3) is 32.6 Å². The van der Waals surface area contributed by atoms with Gasteiger partial charge in [-0.25, -0.2) is 0 Å². The quantitative estimate of drug-likeness (QED) is 0.170. The molecule has 2 amide bonds. The summed E-state index contributed by atoms with van der Waals surface area (Å²) in [6.45, 7) is 3.01. The summed E-state index contributed by atoms with van der Waals surface area (Å²) in [7, 11) is 0. The van der Waals surface area contributed by atoms with E-state index in [1.807, 2.05) is 109 Å². The first kappa shape index (κ1) is 28.4. The Balaban J connectivity index is 1.14. The topological polar surface area (TPSA) is 63.1 Å². The summed E-state index contributed by atoms with van der Waals surface area (Å²) in [5, 5.41) is 10.1. The summed E-state index contributed by atoms with van der Waals surface area (Å²) in [5.74, 6) is -0.296. The number of nitrogens with one attached hydrogen (secondary N) is 2. The van der Waals surface area contributed by atoms with Crippen molar-refractivity contribution in [1.29, 1.82) is 0 Å². The van der Waals surface area contributed by atoms with Crippen molar-refractivity contribution in [3.05, 3.63) is 151 Å². The molecule has 0 aliphatic carbocycles. The van der Waals surface area contributed by atoms with Gasteiger partial charge in [-0.05, 0) is 77.9 Å². The highest BCUT2D eigenvalue weighted by atomic mass is 32.2. The molecule has 6 aromatic carbocycles. The maximum atomic E-state index is 13.9. The molecule has 1 unspecified atom stereocenters. The highest BCUT2D eigenvalue weighted by Gasteiger charge is 2.23. The number of carbonyl (C=O) groups excluding carboxylic acids is 2. The van der Waals surface area contributed by atoms with Crippen molar-refractivity contribution >= 4 is 67.5 Å². The molecule has 220 valence electrons. The zero-order chi connectivity index (χ0) is 30.8. The highest BCUT2D eigenvalue weighted by molar-refractivity contribution is 8.00. The molecule has 1 heterocycles. The largest absolute Gasteiger partial charge is 0.341 e. The van der Waals surface area contributed by atoms with Crippen molar-refractivity contribution < 1.29 is 9.59 Å². The fourth-order valence-electron chi connectivity index (χ4n) is 5.90. The summed E-state index contributed by atoms with van der Waals surface area (Å²) >= 11 is 1.45. The Morgan fingerprint density at radius 2 is 1.38 bits per heavy atom. The number of aryl methyl sites for hydroxylation is 1. The lowest BCUT2D eigenvalue weighted by molar-refractivity contribution is -0.115. The molecule has 7 aromatic rings. The van der Waals surface area contributed by atoms with E-state index in [2.05, 4.69) is 52.5 Å². The lowest BCUT2D eigenvalue weighted by Gasteiger charge is -2.18. The number of fused-ring (bicyclic) bond motifs is 4. The van der Waals surface area contributed by atoms with Crippen molar-refractivity contribution in [3.8, 4) is 0 Å². The number of amides is 2. The van der Waals surface area contributed by atoms with E-state index in [1.54, 1.807) is 0 Å². The van der Waals surface area contributed by atoms with Gasteiger partial charge in [0, 0.05) is 50.2 Å². The van der Waals surface area contributed by atoms with E-state index < -0.39 is 5.25 Å². The van der Waals surface area contributed by atoms with Gasteiger partial charge in [0.2, 0.25) is 5.91 Å². The van der Waals surface area contributed by atoms with E-state index in [0.29, 0.717) is 11.3 Å². The molecular weight excluding hydrogens is 575 g/mol. The van der Waals surface area contributed by atoms with Crippen molar-refractivity contribution in [2.75, 3.05) is 10.6 Å².